The van der Waals surface area contributed by atoms with Crippen LogP contribution in [-0.2, 0) is 11.2 Å². The molecule has 0 saturated carbocycles. The van der Waals surface area contributed by atoms with Crippen molar-refractivity contribution >= 4 is 41.4 Å². The van der Waals surface area contributed by atoms with Gasteiger partial charge in [-0.15, -0.1) is 35.5 Å². The third-order valence-corrected chi connectivity index (χ3v) is 4.35. The molecule has 1 aromatic rings. The quantitative estimate of drug-likeness (QED) is 0.890. The molecule has 0 aromatic carbocycles. The molecule has 0 aliphatic carbocycles. The van der Waals surface area contributed by atoms with Gasteiger partial charge in [-0.2, -0.15) is 0 Å². The first kappa shape index (κ1) is 14.8. The Morgan fingerprint density at radius 3 is 3.12 bits per heavy atom. The van der Waals surface area contributed by atoms with Crippen LogP contribution in [0.5, 0.6) is 0 Å². The van der Waals surface area contributed by atoms with Crippen LogP contribution < -0.4 is 10.6 Å². The predicted molar refractivity (Wildman–Crippen MR) is 77.1 cm³/mol. The predicted octanol–water partition coefficient (Wildman–Crippen LogP) is 1.88. The van der Waals surface area contributed by atoms with Crippen LogP contribution in [0.4, 0.5) is 0 Å². The number of rotatable bonds is 4. The van der Waals surface area contributed by atoms with Gasteiger partial charge in [0.25, 0.3) is 0 Å². The monoisotopic (exact) mass is 292 g/mol. The van der Waals surface area contributed by atoms with E-state index in [4.69, 9.17) is 0 Å². The van der Waals surface area contributed by atoms with Gasteiger partial charge in [0.1, 0.15) is 0 Å². The fourth-order valence-corrected chi connectivity index (χ4v) is 3.47. The molecule has 17 heavy (non-hydrogen) atoms. The maximum atomic E-state index is 11.8. The summed E-state index contributed by atoms with van der Waals surface area (Å²) >= 11 is 3.51. The molecule has 1 saturated heterocycles. The van der Waals surface area contributed by atoms with Gasteiger partial charge in [0.2, 0.25) is 5.91 Å². The van der Waals surface area contributed by atoms with Gasteiger partial charge in [0.15, 0.2) is 0 Å². The van der Waals surface area contributed by atoms with Crippen molar-refractivity contribution in [2.75, 3.05) is 11.6 Å². The number of carbonyl (C=O) groups is 1. The van der Waals surface area contributed by atoms with Crippen molar-refractivity contribution in [2.24, 2.45) is 0 Å². The Bertz CT molecular complexity index is 339. The highest BCUT2D eigenvalue weighted by atomic mass is 35.5. The van der Waals surface area contributed by atoms with Gasteiger partial charge in [-0.05, 0) is 18.4 Å². The molecule has 1 aliphatic rings. The minimum Gasteiger partial charge on any atom is -0.352 e. The average molecular weight is 293 g/mol. The summed E-state index contributed by atoms with van der Waals surface area (Å²) in [5, 5.41) is 8.29. The molecule has 3 nitrogen and oxygen atoms in total. The topological polar surface area (TPSA) is 41.1 Å². The van der Waals surface area contributed by atoms with E-state index in [-0.39, 0.29) is 30.4 Å². The first-order chi connectivity index (χ1) is 7.75. The van der Waals surface area contributed by atoms with E-state index in [2.05, 4.69) is 29.0 Å². The molecular weight excluding hydrogens is 276 g/mol. The van der Waals surface area contributed by atoms with Crippen molar-refractivity contribution in [1.29, 1.82) is 0 Å². The first-order valence-electron chi connectivity index (χ1n) is 5.39. The van der Waals surface area contributed by atoms with Gasteiger partial charge in [-0.1, -0.05) is 6.07 Å². The minimum absolute atomic E-state index is 0. The number of hydrogen-bond acceptors (Lipinski definition) is 4. The Balaban J connectivity index is 0.00000144. The van der Waals surface area contributed by atoms with E-state index in [9.17, 15) is 4.79 Å². The normalized spacial score (nSPS) is 20.6. The Morgan fingerprint density at radius 1 is 1.71 bits per heavy atom. The van der Waals surface area contributed by atoms with Gasteiger partial charge in [0, 0.05) is 29.0 Å². The van der Waals surface area contributed by atoms with Gasteiger partial charge in [-0.3, -0.25) is 10.1 Å². The zero-order valence-corrected chi connectivity index (χ0v) is 12.1. The number of hydrogen-bond donors (Lipinski definition) is 2. The van der Waals surface area contributed by atoms with Crippen LogP contribution in [0.2, 0.25) is 0 Å². The van der Waals surface area contributed by atoms with Crippen LogP contribution >= 0.6 is 35.5 Å². The van der Waals surface area contributed by atoms with Crippen molar-refractivity contribution < 1.29 is 4.79 Å². The second kappa shape index (κ2) is 7.26. The highest BCUT2D eigenvalue weighted by molar-refractivity contribution is 7.99. The van der Waals surface area contributed by atoms with Crippen LogP contribution in [0.15, 0.2) is 17.5 Å². The third kappa shape index (κ3) is 4.50. The van der Waals surface area contributed by atoms with E-state index < -0.39 is 0 Å². The molecule has 2 heterocycles. The Hall–Kier alpha value is -0.230. The standard InChI is InChI=1S/C11H16N2OS2.ClH/c1-8(5-9-3-2-4-16-9)13-11(14)10-6-15-7-12-10;/h2-4,8,10,12H,5-7H2,1H3,(H,13,14);1H. The number of thioether (sulfide) groups is 1. The van der Waals surface area contributed by atoms with Crippen molar-refractivity contribution in [3.8, 4) is 0 Å². The molecule has 2 rings (SSSR count). The smallest absolute Gasteiger partial charge is 0.238 e. The van der Waals surface area contributed by atoms with Gasteiger partial charge in [-0.25, -0.2) is 0 Å². The lowest BCUT2D eigenvalue weighted by Gasteiger charge is -2.16. The summed E-state index contributed by atoms with van der Waals surface area (Å²) < 4.78 is 0. The van der Waals surface area contributed by atoms with Crippen molar-refractivity contribution in [3.05, 3.63) is 22.4 Å². The van der Waals surface area contributed by atoms with E-state index in [1.54, 1.807) is 23.1 Å². The van der Waals surface area contributed by atoms with E-state index in [1.165, 1.54) is 4.88 Å². The molecular formula is C11H17ClN2OS2. The molecule has 1 aliphatic heterocycles. The summed E-state index contributed by atoms with van der Waals surface area (Å²) in [4.78, 5) is 13.1. The Kier molecular flexibility index (Phi) is 6.33. The van der Waals surface area contributed by atoms with Crippen LogP contribution in [0.1, 0.15) is 11.8 Å². The minimum atomic E-state index is -0.00390. The Labute approximate surface area is 116 Å². The lowest BCUT2D eigenvalue weighted by atomic mass is 10.2. The van der Waals surface area contributed by atoms with E-state index in [0.717, 1.165) is 18.1 Å². The van der Waals surface area contributed by atoms with Crippen LogP contribution in [-0.4, -0.2) is 29.6 Å². The summed E-state index contributed by atoms with van der Waals surface area (Å²) in [6.07, 6.45) is 0.920. The summed E-state index contributed by atoms with van der Waals surface area (Å²) in [7, 11) is 0. The van der Waals surface area contributed by atoms with Gasteiger partial charge < -0.3 is 5.32 Å². The second-order valence-electron chi connectivity index (χ2n) is 3.96. The van der Waals surface area contributed by atoms with Crippen molar-refractivity contribution in [3.63, 3.8) is 0 Å². The lowest BCUT2D eigenvalue weighted by Crippen LogP contribution is -2.46. The highest BCUT2D eigenvalue weighted by Crippen LogP contribution is 2.12. The maximum Gasteiger partial charge on any atom is 0.238 e. The molecule has 0 spiro atoms. The molecule has 2 unspecified atom stereocenters. The second-order valence-corrected chi connectivity index (χ2v) is 6.03. The summed E-state index contributed by atoms with van der Waals surface area (Å²) in [5.41, 5.74) is 0. The molecule has 0 radical (unpaired) electrons. The molecule has 1 amide bonds. The van der Waals surface area contributed by atoms with Crippen LogP contribution in [0, 0.1) is 0 Å². The molecule has 1 fully saturated rings. The number of carbonyl (C=O) groups excluding carboxylic acids is 1. The average Bonchev–Trinajstić information content (AvgIpc) is 2.88. The zero-order valence-electron chi connectivity index (χ0n) is 9.64. The molecule has 2 atom stereocenters. The van der Waals surface area contributed by atoms with E-state index in [0.29, 0.717) is 0 Å². The van der Waals surface area contributed by atoms with Gasteiger partial charge >= 0.3 is 0 Å². The number of amides is 1. The van der Waals surface area contributed by atoms with Crippen molar-refractivity contribution in [2.45, 2.75) is 25.4 Å². The molecule has 6 heteroatoms. The van der Waals surface area contributed by atoms with Gasteiger partial charge in [0.05, 0.1) is 6.04 Å². The first-order valence-corrected chi connectivity index (χ1v) is 7.43. The maximum absolute atomic E-state index is 11.8. The fourth-order valence-electron chi connectivity index (χ4n) is 1.69. The number of nitrogens with one attached hydrogen (secondary N) is 2. The lowest BCUT2D eigenvalue weighted by molar-refractivity contribution is -0.123. The largest absolute Gasteiger partial charge is 0.352 e. The number of thiophene rings is 1. The van der Waals surface area contributed by atoms with Crippen LogP contribution in [0.3, 0.4) is 0 Å². The zero-order chi connectivity index (χ0) is 11.4. The number of halogens is 1. The molecule has 96 valence electrons. The van der Waals surface area contributed by atoms with Crippen LogP contribution in [0.25, 0.3) is 0 Å². The van der Waals surface area contributed by atoms with E-state index in [1.807, 2.05) is 6.07 Å². The highest BCUT2D eigenvalue weighted by Gasteiger charge is 2.23. The molecule has 0 bridgehead atoms. The third-order valence-electron chi connectivity index (χ3n) is 2.51. The molecule has 1 aromatic heterocycles. The van der Waals surface area contributed by atoms with Crippen molar-refractivity contribution in [1.82, 2.24) is 10.6 Å². The summed E-state index contributed by atoms with van der Waals surface area (Å²) in [6.45, 7) is 2.06. The molecule has 2 N–H and O–H groups in total. The summed E-state index contributed by atoms with van der Waals surface area (Å²) in [5.74, 6) is 1.91. The van der Waals surface area contributed by atoms with E-state index >= 15 is 0 Å². The Morgan fingerprint density at radius 2 is 2.53 bits per heavy atom. The fraction of sp³-hybridized carbons (Fsp3) is 0.545. The summed E-state index contributed by atoms with van der Waals surface area (Å²) in [6, 6.07) is 4.36. The SMILES string of the molecule is CC(Cc1cccs1)NC(=O)C1CSCN1.Cl.